The van der Waals surface area contributed by atoms with E-state index in [-0.39, 0.29) is 12.1 Å². The van der Waals surface area contributed by atoms with Crippen molar-refractivity contribution in [3.05, 3.63) is 23.7 Å². The highest BCUT2D eigenvalue weighted by Crippen LogP contribution is 2.19. The Morgan fingerprint density at radius 1 is 1.37 bits per heavy atom. The summed E-state index contributed by atoms with van der Waals surface area (Å²) in [6.45, 7) is 2.67. The summed E-state index contributed by atoms with van der Waals surface area (Å²) >= 11 is 0. The minimum Gasteiger partial charge on any atom is -0.439 e. The topological polar surface area (TPSA) is 71.2 Å². The Bertz CT molecular complexity index is 567. The van der Waals surface area contributed by atoms with Gasteiger partial charge in [0.15, 0.2) is 17.1 Å². The largest absolute Gasteiger partial charge is 0.439 e. The van der Waals surface area contributed by atoms with Crippen molar-refractivity contribution in [2.75, 3.05) is 0 Å². The number of aliphatic hydroxyl groups excluding tert-OH is 1. The molecule has 102 valence electrons. The fourth-order valence-corrected chi connectivity index (χ4v) is 2.57. The van der Waals surface area contributed by atoms with Gasteiger partial charge in [0.05, 0.1) is 11.8 Å². The number of hydrogen-bond acceptors (Lipinski definition) is 5. The minimum atomic E-state index is -0.220. The summed E-state index contributed by atoms with van der Waals surface area (Å²) in [5, 5.41) is 13.1. The fourth-order valence-electron chi connectivity index (χ4n) is 2.57. The monoisotopic (exact) mass is 261 g/mol. The molecular weight excluding hydrogens is 242 g/mol. The van der Waals surface area contributed by atoms with E-state index >= 15 is 0 Å². The molecule has 5 nitrogen and oxygen atoms in total. The fraction of sp³-hybridized carbons (Fsp3) is 0.571. The van der Waals surface area contributed by atoms with E-state index in [2.05, 4.69) is 15.3 Å². The summed E-state index contributed by atoms with van der Waals surface area (Å²) in [5.41, 5.74) is 2.34. The molecule has 2 heterocycles. The Balaban J connectivity index is 1.70. The number of aryl methyl sites for hydroxylation is 1. The van der Waals surface area contributed by atoms with Crippen LogP contribution in [0.1, 0.15) is 37.8 Å². The van der Waals surface area contributed by atoms with Crippen LogP contribution >= 0.6 is 0 Å². The molecule has 0 amide bonds. The molecule has 0 unspecified atom stereocenters. The van der Waals surface area contributed by atoms with Gasteiger partial charge in [0.1, 0.15) is 0 Å². The predicted octanol–water partition coefficient (Wildman–Crippen LogP) is 1.79. The van der Waals surface area contributed by atoms with Gasteiger partial charge in [-0.3, -0.25) is 0 Å². The van der Waals surface area contributed by atoms with E-state index in [0.717, 1.165) is 42.9 Å². The highest BCUT2D eigenvalue weighted by atomic mass is 16.3. The minimum absolute atomic E-state index is 0.195. The lowest BCUT2D eigenvalue weighted by atomic mass is 10.2. The summed E-state index contributed by atoms with van der Waals surface area (Å²) < 4.78 is 5.53. The zero-order valence-corrected chi connectivity index (χ0v) is 11.1. The molecule has 2 atom stereocenters. The van der Waals surface area contributed by atoms with Crippen molar-refractivity contribution >= 4 is 11.2 Å². The maximum atomic E-state index is 9.76. The van der Waals surface area contributed by atoms with Crippen LogP contribution in [0.2, 0.25) is 0 Å². The Kier molecular flexibility index (Phi) is 3.48. The van der Waals surface area contributed by atoms with Gasteiger partial charge in [-0.2, -0.15) is 4.98 Å². The van der Waals surface area contributed by atoms with E-state index in [1.807, 2.05) is 19.1 Å². The predicted molar refractivity (Wildman–Crippen MR) is 71.7 cm³/mol. The van der Waals surface area contributed by atoms with Crippen molar-refractivity contribution in [1.29, 1.82) is 0 Å². The molecule has 1 aliphatic carbocycles. The maximum absolute atomic E-state index is 9.76. The first-order valence-electron chi connectivity index (χ1n) is 6.93. The standard InChI is InChI=1S/C14H19N3O2/c1-2-13-17-14-12(19-13)7-6-9(16-14)8-15-10-4-3-5-11(10)18/h6-7,10-11,15,18H,2-5,8H2,1H3/t10-,11+/m1/s1. The van der Waals surface area contributed by atoms with E-state index in [1.54, 1.807) is 0 Å². The van der Waals surface area contributed by atoms with Crippen molar-refractivity contribution < 1.29 is 9.52 Å². The van der Waals surface area contributed by atoms with E-state index in [9.17, 15) is 5.11 Å². The highest BCUT2D eigenvalue weighted by Gasteiger charge is 2.24. The third-order valence-electron chi connectivity index (χ3n) is 3.68. The number of hydrogen-bond donors (Lipinski definition) is 2. The number of nitrogens with one attached hydrogen (secondary N) is 1. The Morgan fingerprint density at radius 2 is 2.26 bits per heavy atom. The molecule has 1 aliphatic rings. The van der Waals surface area contributed by atoms with E-state index in [4.69, 9.17) is 4.42 Å². The Labute approximate surface area is 112 Å². The summed E-state index contributed by atoms with van der Waals surface area (Å²) in [5.74, 6) is 0.721. The van der Waals surface area contributed by atoms with E-state index < -0.39 is 0 Å². The van der Waals surface area contributed by atoms with Gasteiger partial charge in [0, 0.05) is 19.0 Å². The maximum Gasteiger partial charge on any atom is 0.199 e. The number of aliphatic hydroxyl groups is 1. The Hall–Kier alpha value is -1.46. The van der Waals surface area contributed by atoms with Crippen LogP contribution in [0.5, 0.6) is 0 Å². The van der Waals surface area contributed by atoms with Crippen molar-refractivity contribution in [2.45, 2.75) is 51.3 Å². The zero-order valence-electron chi connectivity index (χ0n) is 11.1. The number of aromatic nitrogens is 2. The molecule has 0 aromatic carbocycles. The first-order chi connectivity index (χ1) is 9.26. The lowest BCUT2D eigenvalue weighted by molar-refractivity contribution is 0.148. The molecule has 0 bridgehead atoms. The molecule has 5 heteroatoms. The summed E-state index contributed by atoms with van der Waals surface area (Å²) in [6, 6.07) is 4.05. The number of oxazole rings is 1. The molecule has 2 aromatic heterocycles. The highest BCUT2D eigenvalue weighted by molar-refractivity contribution is 5.67. The molecule has 0 spiro atoms. The molecule has 2 N–H and O–H groups in total. The van der Waals surface area contributed by atoms with Crippen molar-refractivity contribution in [3.63, 3.8) is 0 Å². The normalized spacial score (nSPS) is 23.3. The Morgan fingerprint density at radius 3 is 3.00 bits per heavy atom. The number of nitrogens with zero attached hydrogens (tertiary/aromatic N) is 2. The number of pyridine rings is 1. The quantitative estimate of drug-likeness (QED) is 0.878. The second-order valence-corrected chi connectivity index (χ2v) is 5.07. The molecule has 0 saturated heterocycles. The van der Waals surface area contributed by atoms with Crippen LogP contribution in [0.3, 0.4) is 0 Å². The molecule has 0 radical (unpaired) electrons. The molecule has 0 aliphatic heterocycles. The van der Waals surface area contributed by atoms with Gasteiger partial charge >= 0.3 is 0 Å². The van der Waals surface area contributed by atoms with E-state index in [0.29, 0.717) is 12.2 Å². The van der Waals surface area contributed by atoms with Crippen LogP contribution in [-0.2, 0) is 13.0 Å². The molecular formula is C14H19N3O2. The smallest absolute Gasteiger partial charge is 0.199 e. The lowest BCUT2D eigenvalue weighted by Gasteiger charge is -2.15. The summed E-state index contributed by atoms with van der Waals surface area (Å²) in [6.07, 6.45) is 3.58. The van der Waals surface area contributed by atoms with Crippen LogP contribution in [0, 0.1) is 0 Å². The number of fused-ring (bicyclic) bond motifs is 1. The summed E-state index contributed by atoms with van der Waals surface area (Å²) in [4.78, 5) is 8.81. The summed E-state index contributed by atoms with van der Waals surface area (Å²) in [7, 11) is 0. The van der Waals surface area contributed by atoms with Gasteiger partial charge in [0.25, 0.3) is 0 Å². The molecule has 2 aromatic rings. The van der Waals surface area contributed by atoms with Gasteiger partial charge < -0.3 is 14.8 Å². The van der Waals surface area contributed by atoms with E-state index in [1.165, 1.54) is 0 Å². The molecule has 1 fully saturated rings. The van der Waals surface area contributed by atoms with Gasteiger partial charge in [-0.25, -0.2) is 4.98 Å². The van der Waals surface area contributed by atoms with Crippen LogP contribution in [0.4, 0.5) is 0 Å². The van der Waals surface area contributed by atoms with Crippen LogP contribution in [0.15, 0.2) is 16.5 Å². The average molecular weight is 261 g/mol. The second-order valence-electron chi connectivity index (χ2n) is 5.07. The first kappa shape index (κ1) is 12.6. The van der Waals surface area contributed by atoms with Gasteiger partial charge in [-0.15, -0.1) is 0 Å². The third-order valence-corrected chi connectivity index (χ3v) is 3.68. The SMILES string of the molecule is CCc1nc2nc(CN[C@@H]3CCC[C@@H]3O)ccc2o1. The molecule has 1 saturated carbocycles. The van der Waals surface area contributed by atoms with Gasteiger partial charge in [-0.1, -0.05) is 6.92 Å². The third kappa shape index (κ3) is 2.62. The van der Waals surface area contributed by atoms with Crippen molar-refractivity contribution in [2.24, 2.45) is 0 Å². The van der Waals surface area contributed by atoms with Crippen LogP contribution in [0.25, 0.3) is 11.2 Å². The van der Waals surface area contributed by atoms with Crippen molar-refractivity contribution in [1.82, 2.24) is 15.3 Å². The van der Waals surface area contributed by atoms with Gasteiger partial charge in [-0.05, 0) is 31.4 Å². The second kappa shape index (κ2) is 5.27. The first-order valence-corrected chi connectivity index (χ1v) is 6.93. The van der Waals surface area contributed by atoms with Crippen molar-refractivity contribution in [3.8, 4) is 0 Å². The van der Waals surface area contributed by atoms with Crippen LogP contribution < -0.4 is 5.32 Å². The zero-order chi connectivity index (χ0) is 13.2. The average Bonchev–Trinajstić information content (AvgIpc) is 3.01. The van der Waals surface area contributed by atoms with Crippen LogP contribution in [-0.4, -0.2) is 27.2 Å². The molecule has 19 heavy (non-hydrogen) atoms. The lowest BCUT2D eigenvalue weighted by Crippen LogP contribution is -2.35. The van der Waals surface area contributed by atoms with Gasteiger partial charge in [0.2, 0.25) is 0 Å². The molecule has 3 rings (SSSR count). The number of rotatable bonds is 4.